The minimum atomic E-state index is -4.62. The lowest BCUT2D eigenvalue weighted by Gasteiger charge is -2.42. The third-order valence-corrected chi connectivity index (χ3v) is 16.5. The lowest BCUT2D eigenvalue weighted by molar-refractivity contribution is -0.445. The maximum absolute atomic E-state index is 13.5. The van der Waals surface area contributed by atoms with Crippen molar-refractivity contribution in [2.45, 2.75) is 94.2 Å². The Balaban J connectivity index is 0.826. The van der Waals surface area contributed by atoms with E-state index in [4.69, 9.17) is 9.47 Å². The summed E-state index contributed by atoms with van der Waals surface area (Å²) < 4.78 is 103. The summed E-state index contributed by atoms with van der Waals surface area (Å²) in [5, 5.41) is 3.14. The molecule has 0 radical (unpaired) electrons. The molecule has 0 bridgehead atoms. The van der Waals surface area contributed by atoms with E-state index in [1.54, 1.807) is 48.5 Å². The molecule has 2 unspecified atom stereocenters. The van der Waals surface area contributed by atoms with Gasteiger partial charge in [-0.1, -0.05) is 38.1 Å². The number of rotatable bonds is 19. The van der Waals surface area contributed by atoms with Crippen molar-refractivity contribution in [1.29, 1.82) is 0 Å². The van der Waals surface area contributed by atoms with Gasteiger partial charge >= 0.3 is 0 Å². The van der Waals surface area contributed by atoms with Gasteiger partial charge in [0.15, 0.2) is 12.3 Å². The van der Waals surface area contributed by atoms with E-state index in [2.05, 4.69) is 81.1 Å². The molecular formula is C53H64N6O10S3. The third kappa shape index (κ3) is 11.0. The SMILES string of the molecule is CC1(C)C2=C3C=C4C5=[N+](CCC4OC3CCN2c2ccc(CC(=O)NCCCCN(CCOc3ccc(NS(C)(=O)=O)cc3)CCc3ccc(NS(C)(=O)=O)cc3)cc21)c1ccc(S(=O)(=O)[O-])cc1C5(C)C. The van der Waals surface area contributed by atoms with Gasteiger partial charge in [0.2, 0.25) is 31.6 Å². The van der Waals surface area contributed by atoms with Gasteiger partial charge in [-0.25, -0.2) is 25.3 Å². The average molecular weight is 1040 g/mol. The van der Waals surface area contributed by atoms with Crippen LogP contribution in [0.1, 0.15) is 75.6 Å². The average Bonchev–Trinajstić information content (AvgIpc) is 3.68. The largest absolute Gasteiger partial charge is 0.744 e. The van der Waals surface area contributed by atoms with E-state index in [1.165, 1.54) is 17.3 Å². The predicted octanol–water partition coefficient (Wildman–Crippen LogP) is 6.33. The highest BCUT2D eigenvalue weighted by Gasteiger charge is 2.54. The van der Waals surface area contributed by atoms with E-state index in [-0.39, 0.29) is 34.8 Å². The second-order valence-electron chi connectivity index (χ2n) is 20.6. The van der Waals surface area contributed by atoms with E-state index >= 15 is 0 Å². The number of anilines is 3. The molecule has 0 aliphatic carbocycles. The second kappa shape index (κ2) is 19.7. The third-order valence-electron chi connectivity index (χ3n) is 14.5. The van der Waals surface area contributed by atoms with Crippen LogP contribution in [0.4, 0.5) is 22.7 Å². The van der Waals surface area contributed by atoms with E-state index in [9.17, 15) is 34.6 Å². The maximum Gasteiger partial charge on any atom is 0.229 e. The molecule has 72 heavy (non-hydrogen) atoms. The smallest absolute Gasteiger partial charge is 0.229 e. The molecule has 5 heterocycles. The first-order chi connectivity index (χ1) is 33.9. The van der Waals surface area contributed by atoms with Crippen molar-refractivity contribution < 1.29 is 48.6 Å². The summed E-state index contributed by atoms with van der Waals surface area (Å²) in [5.41, 5.74) is 10.6. The van der Waals surface area contributed by atoms with Crippen LogP contribution in [-0.4, -0.2) is 121 Å². The topological polar surface area (TPSA) is 207 Å². The molecule has 0 saturated heterocycles. The molecule has 19 heteroatoms. The Kier molecular flexibility index (Phi) is 14.0. The number of ether oxygens (including phenoxy) is 2. The molecule has 0 spiro atoms. The van der Waals surface area contributed by atoms with Crippen LogP contribution in [0.3, 0.4) is 0 Å². The summed E-state index contributed by atoms with van der Waals surface area (Å²) in [4.78, 5) is 18.0. The maximum atomic E-state index is 13.5. The van der Waals surface area contributed by atoms with Crippen LogP contribution in [0, 0.1) is 0 Å². The van der Waals surface area contributed by atoms with Crippen LogP contribution in [0.5, 0.6) is 5.75 Å². The van der Waals surface area contributed by atoms with Gasteiger partial charge < -0.3 is 24.2 Å². The van der Waals surface area contributed by atoms with Crippen molar-refractivity contribution in [2.24, 2.45) is 0 Å². The first kappa shape index (κ1) is 51.3. The summed E-state index contributed by atoms with van der Waals surface area (Å²) in [7, 11) is -11.4. The second-order valence-corrected chi connectivity index (χ2v) is 25.5. The number of hydrogen-bond donors (Lipinski definition) is 3. The molecule has 0 aromatic heterocycles. The number of allylic oxidation sites excluding steroid dienone is 1. The molecule has 1 amide bonds. The Morgan fingerprint density at radius 1 is 0.792 bits per heavy atom. The summed E-state index contributed by atoms with van der Waals surface area (Å²) in [6, 6.07) is 25.2. The zero-order chi connectivity index (χ0) is 51.4. The van der Waals surface area contributed by atoms with Crippen LogP contribution in [-0.2, 0) is 63.4 Å². The number of carbonyl (C=O) groups excluding carboxylic acids is 1. The summed E-state index contributed by atoms with van der Waals surface area (Å²) in [6.07, 6.45) is 8.60. The molecule has 4 aromatic rings. The van der Waals surface area contributed by atoms with Gasteiger partial charge in [0.05, 0.1) is 41.5 Å². The molecule has 9 rings (SSSR count). The van der Waals surface area contributed by atoms with Crippen molar-refractivity contribution in [3.05, 3.63) is 130 Å². The van der Waals surface area contributed by atoms with Crippen LogP contribution >= 0.6 is 0 Å². The quantitative estimate of drug-likeness (QED) is 0.0536. The Labute approximate surface area is 424 Å². The first-order valence-electron chi connectivity index (χ1n) is 24.5. The zero-order valence-corrected chi connectivity index (χ0v) is 44.1. The molecule has 0 fully saturated rings. The standard InChI is InChI=1S/C53H64N6O10S3/c1-52(2)43-31-36(11-19-45(43)58-27-22-47-41(50(52)58)34-42-48(69-47)23-28-59-46-20-18-40(72(65,66)67)33-44(46)53(3,4)51(42)59)32-49(60)54-24-7-8-25-57(26-21-35-9-12-37(13-10-35)55-70(5,61)62)29-30-68-39-16-14-38(15-17-39)56-71(6,63)64/h9-20,31,33-34,47-48,55-56H,7-8,21-30,32H2,1-6H3,(H-,54,60,65,66,67). The number of hydrogen-bond acceptors (Lipinski definition) is 12. The zero-order valence-electron chi connectivity index (χ0n) is 41.7. The van der Waals surface area contributed by atoms with Gasteiger partial charge in [0.25, 0.3) is 0 Å². The van der Waals surface area contributed by atoms with Gasteiger partial charge in [0, 0.05) is 83.6 Å². The predicted molar refractivity (Wildman–Crippen MR) is 278 cm³/mol. The van der Waals surface area contributed by atoms with Crippen molar-refractivity contribution in [2.75, 3.05) is 72.7 Å². The van der Waals surface area contributed by atoms with Crippen molar-refractivity contribution >= 4 is 64.5 Å². The summed E-state index contributed by atoms with van der Waals surface area (Å²) >= 11 is 0. The lowest BCUT2D eigenvalue weighted by atomic mass is 9.74. The Bertz CT molecular complexity index is 3220. The fourth-order valence-electron chi connectivity index (χ4n) is 11.2. The first-order valence-corrected chi connectivity index (χ1v) is 29.7. The van der Waals surface area contributed by atoms with Crippen molar-refractivity contribution in [3.8, 4) is 5.75 Å². The molecule has 16 nitrogen and oxygen atoms in total. The molecule has 2 atom stereocenters. The number of fused-ring (bicyclic) bond motifs is 8. The number of amides is 1. The van der Waals surface area contributed by atoms with Gasteiger partial charge in [0.1, 0.15) is 22.5 Å². The number of nitrogens with zero attached hydrogens (tertiary/aromatic N) is 3. The molecule has 0 saturated carbocycles. The monoisotopic (exact) mass is 1040 g/mol. The molecule has 5 aliphatic rings. The summed E-state index contributed by atoms with van der Waals surface area (Å²) in [6.45, 7) is 13.3. The van der Waals surface area contributed by atoms with Crippen molar-refractivity contribution in [1.82, 2.24) is 10.2 Å². The Morgan fingerprint density at radius 3 is 2.15 bits per heavy atom. The molecule has 384 valence electrons. The highest BCUT2D eigenvalue weighted by molar-refractivity contribution is 7.92. The van der Waals surface area contributed by atoms with Gasteiger partial charge in [-0.05, 0) is 123 Å². The minimum absolute atomic E-state index is 0.0436. The van der Waals surface area contributed by atoms with E-state index in [0.717, 1.165) is 116 Å². The Morgan fingerprint density at radius 2 is 1.47 bits per heavy atom. The highest BCUT2D eigenvalue weighted by Crippen LogP contribution is 2.54. The summed E-state index contributed by atoms with van der Waals surface area (Å²) in [5.74, 6) is 0.574. The Hall–Kier alpha value is -5.57. The molecular weight excluding hydrogens is 977 g/mol. The molecule has 4 aromatic carbocycles. The van der Waals surface area contributed by atoms with E-state index in [0.29, 0.717) is 36.8 Å². The van der Waals surface area contributed by atoms with E-state index < -0.39 is 35.6 Å². The minimum Gasteiger partial charge on any atom is -0.744 e. The molecule has 5 aliphatic heterocycles. The van der Waals surface area contributed by atoms with Gasteiger partial charge in [-0.3, -0.25) is 19.1 Å². The van der Waals surface area contributed by atoms with Crippen LogP contribution in [0.2, 0.25) is 0 Å². The van der Waals surface area contributed by atoms with Crippen molar-refractivity contribution in [3.63, 3.8) is 0 Å². The fourth-order valence-corrected chi connectivity index (χ4v) is 12.8. The van der Waals surface area contributed by atoms with Crippen LogP contribution in [0.25, 0.3) is 0 Å². The highest BCUT2D eigenvalue weighted by atomic mass is 32.2. The number of nitrogens with one attached hydrogen (secondary N) is 3. The fraction of sp³-hybridized carbons (Fsp3) is 0.434. The van der Waals surface area contributed by atoms with Crippen LogP contribution < -0.4 is 24.4 Å². The normalized spacial score (nSPS) is 19.7. The number of benzene rings is 4. The number of unbranched alkanes of at least 4 members (excludes halogenated alkanes) is 1. The number of sulfonamides is 2. The number of carbonyl (C=O) groups is 1. The van der Waals surface area contributed by atoms with Gasteiger partial charge in [-0.2, -0.15) is 4.58 Å². The van der Waals surface area contributed by atoms with Crippen LogP contribution in [0.15, 0.2) is 113 Å². The molecule has 3 N–H and O–H groups in total. The van der Waals surface area contributed by atoms with E-state index in [1.807, 2.05) is 12.1 Å². The van der Waals surface area contributed by atoms with Gasteiger partial charge in [-0.15, -0.1) is 0 Å². The lowest BCUT2D eigenvalue weighted by Crippen LogP contribution is -2.47.